The third-order valence-electron chi connectivity index (χ3n) is 3.40. The molecule has 1 aliphatic rings. The maximum atomic E-state index is 11.5. The average Bonchev–Trinajstić information content (AvgIpc) is 2.24. The van der Waals surface area contributed by atoms with Gasteiger partial charge in [0.1, 0.15) is 5.60 Å². The van der Waals surface area contributed by atoms with E-state index in [0.29, 0.717) is 6.54 Å². The van der Waals surface area contributed by atoms with Gasteiger partial charge in [0.2, 0.25) is 0 Å². The molecule has 1 aliphatic heterocycles. The molecule has 0 aromatic heterocycles. The highest BCUT2D eigenvalue weighted by Gasteiger charge is 2.34. The first-order chi connectivity index (χ1) is 8.23. The second-order valence-corrected chi connectivity index (χ2v) is 6.26. The van der Waals surface area contributed by atoms with Gasteiger partial charge in [-0.1, -0.05) is 6.92 Å². The monoisotopic (exact) mass is 258 g/mol. The Morgan fingerprint density at radius 3 is 2.50 bits per heavy atom. The number of alkyl carbamates (subject to hydrolysis) is 1. The molecule has 5 nitrogen and oxygen atoms in total. The lowest BCUT2D eigenvalue weighted by molar-refractivity contribution is 0.00985. The molecule has 1 atom stereocenters. The van der Waals surface area contributed by atoms with Gasteiger partial charge in [-0.2, -0.15) is 0 Å². The van der Waals surface area contributed by atoms with E-state index < -0.39 is 11.7 Å². The van der Waals surface area contributed by atoms with Crippen molar-refractivity contribution in [3.8, 4) is 0 Å². The normalized spacial score (nSPS) is 21.2. The Kier molecular flexibility index (Phi) is 4.99. The largest absolute Gasteiger partial charge is 0.444 e. The van der Waals surface area contributed by atoms with Gasteiger partial charge in [0, 0.05) is 25.8 Å². The molecule has 0 aromatic carbocycles. The molecule has 106 valence electrons. The summed E-state index contributed by atoms with van der Waals surface area (Å²) in [6.07, 6.45) is 1.46. The number of hydrogen-bond donors (Lipinski definition) is 2. The Morgan fingerprint density at radius 1 is 1.44 bits per heavy atom. The molecule has 1 fully saturated rings. The van der Waals surface area contributed by atoms with Crippen molar-refractivity contribution in [1.82, 2.24) is 5.32 Å². The molecule has 1 rings (SSSR count). The second-order valence-electron chi connectivity index (χ2n) is 6.26. The van der Waals surface area contributed by atoms with Crippen LogP contribution in [0.3, 0.4) is 0 Å². The van der Waals surface area contributed by atoms with E-state index in [-0.39, 0.29) is 11.5 Å². The van der Waals surface area contributed by atoms with Crippen LogP contribution >= 0.6 is 0 Å². The lowest BCUT2D eigenvalue weighted by Gasteiger charge is -2.38. The van der Waals surface area contributed by atoms with Gasteiger partial charge >= 0.3 is 6.09 Å². The number of hydrogen-bond acceptors (Lipinski definition) is 4. The Hall–Kier alpha value is -0.810. The van der Waals surface area contributed by atoms with E-state index in [1.54, 1.807) is 0 Å². The van der Waals surface area contributed by atoms with Gasteiger partial charge in [0.15, 0.2) is 0 Å². The number of ether oxygens (including phenoxy) is 2. The van der Waals surface area contributed by atoms with E-state index in [9.17, 15) is 4.79 Å². The van der Waals surface area contributed by atoms with Crippen LogP contribution in [0.1, 0.15) is 40.5 Å². The standard InChI is InChI=1S/C13H26N2O3/c1-12(2,3)18-11(16)15-9-10(14)13(4)5-7-17-8-6-13/h10H,5-9,14H2,1-4H3,(H,15,16). The molecule has 5 heteroatoms. The molecule has 1 heterocycles. The van der Waals surface area contributed by atoms with Gasteiger partial charge in [0.25, 0.3) is 0 Å². The molecule has 1 saturated heterocycles. The van der Waals surface area contributed by atoms with Crippen molar-refractivity contribution in [1.29, 1.82) is 0 Å². The lowest BCUT2D eigenvalue weighted by Crippen LogP contribution is -2.50. The van der Waals surface area contributed by atoms with Crippen LogP contribution in [0.5, 0.6) is 0 Å². The highest BCUT2D eigenvalue weighted by atomic mass is 16.6. The Bertz CT molecular complexity index is 280. The molecule has 0 spiro atoms. The predicted molar refractivity (Wildman–Crippen MR) is 70.4 cm³/mol. The van der Waals surface area contributed by atoms with E-state index in [1.165, 1.54) is 0 Å². The van der Waals surface area contributed by atoms with Crippen LogP contribution < -0.4 is 11.1 Å². The molecule has 0 saturated carbocycles. The summed E-state index contributed by atoms with van der Waals surface area (Å²) in [5.74, 6) is 0. The fraction of sp³-hybridized carbons (Fsp3) is 0.923. The molecule has 1 amide bonds. The van der Waals surface area contributed by atoms with Crippen LogP contribution in [-0.2, 0) is 9.47 Å². The molecular formula is C13H26N2O3. The van der Waals surface area contributed by atoms with E-state index >= 15 is 0 Å². The fourth-order valence-electron chi connectivity index (χ4n) is 1.96. The zero-order chi connectivity index (χ0) is 13.8. The smallest absolute Gasteiger partial charge is 0.407 e. The SMILES string of the molecule is CC(C)(C)OC(=O)NCC(N)C1(C)CCOCC1. The van der Waals surface area contributed by atoms with Crippen molar-refractivity contribution >= 4 is 6.09 Å². The molecule has 0 radical (unpaired) electrons. The first kappa shape index (κ1) is 15.2. The number of nitrogens with two attached hydrogens (primary N) is 1. The minimum absolute atomic E-state index is 0.0350. The van der Waals surface area contributed by atoms with Gasteiger partial charge in [-0.25, -0.2) is 4.79 Å². The van der Waals surface area contributed by atoms with Crippen LogP contribution in [0.25, 0.3) is 0 Å². The van der Waals surface area contributed by atoms with Crippen molar-refractivity contribution in [3.05, 3.63) is 0 Å². The zero-order valence-corrected chi connectivity index (χ0v) is 11.9. The van der Waals surface area contributed by atoms with Gasteiger partial charge < -0.3 is 20.5 Å². The zero-order valence-electron chi connectivity index (χ0n) is 11.9. The first-order valence-electron chi connectivity index (χ1n) is 6.53. The van der Waals surface area contributed by atoms with Crippen LogP contribution in [0.15, 0.2) is 0 Å². The number of nitrogens with one attached hydrogen (secondary N) is 1. The molecule has 0 aromatic rings. The summed E-state index contributed by atoms with van der Waals surface area (Å²) < 4.78 is 10.5. The summed E-state index contributed by atoms with van der Waals surface area (Å²) in [4.78, 5) is 11.5. The Labute approximate surface area is 109 Å². The third-order valence-corrected chi connectivity index (χ3v) is 3.40. The number of carbonyl (C=O) groups is 1. The summed E-state index contributed by atoms with van der Waals surface area (Å²) in [5.41, 5.74) is 5.73. The molecule has 18 heavy (non-hydrogen) atoms. The molecule has 1 unspecified atom stereocenters. The van der Waals surface area contributed by atoms with Crippen molar-refractivity contribution in [2.24, 2.45) is 11.1 Å². The fourth-order valence-corrected chi connectivity index (χ4v) is 1.96. The first-order valence-corrected chi connectivity index (χ1v) is 6.53. The van der Waals surface area contributed by atoms with Gasteiger partial charge in [0.05, 0.1) is 0 Å². The Morgan fingerprint density at radius 2 is 2.00 bits per heavy atom. The highest BCUT2D eigenvalue weighted by molar-refractivity contribution is 5.67. The van der Waals surface area contributed by atoms with E-state index in [1.807, 2.05) is 20.8 Å². The number of amides is 1. The summed E-state index contributed by atoms with van der Waals surface area (Å²) in [6, 6.07) is -0.0751. The molecule has 3 N–H and O–H groups in total. The summed E-state index contributed by atoms with van der Waals surface area (Å²) in [6.45, 7) is 9.60. The van der Waals surface area contributed by atoms with Gasteiger partial charge in [-0.05, 0) is 39.0 Å². The van der Waals surface area contributed by atoms with Crippen molar-refractivity contribution in [2.45, 2.75) is 52.2 Å². The minimum atomic E-state index is -0.475. The van der Waals surface area contributed by atoms with Crippen LogP contribution in [0, 0.1) is 5.41 Å². The maximum absolute atomic E-state index is 11.5. The second kappa shape index (κ2) is 5.89. The molecule has 0 aliphatic carbocycles. The quantitative estimate of drug-likeness (QED) is 0.807. The topological polar surface area (TPSA) is 73.6 Å². The van der Waals surface area contributed by atoms with Crippen LogP contribution in [-0.4, -0.2) is 37.5 Å². The maximum Gasteiger partial charge on any atom is 0.407 e. The van der Waals surface area contributed by atoms with Gasteiger partial charge in [-0.15, -0.1) is 0 Å². The highest BCUT2D eigenvalue weighted by Crippen LogP contribution is 2.32. The van der Waals surface area contributed by atoms with Crippen LogP contribution in [0.2, 0.25) is 0 Å². The molecule has 0 bridgehead atoms. The predicted octanol–water partition coefficient (Wildman–Crippen LogP) is 1.66. The van der Waals surface area contributed by atoms with Crippen molar-refractivity contribution in [3.63, 3.8) is 0 Å². The van der Waals surface area contributed by atoms with Crippen molar-refractivity contribution in [2.75, 3.05) is 19.8 Å². The summed E-state index contributed by atoms with van der Waals surface area (Å²) in [7, 11) is 0. The lowest BCUT2D eigenvalue weighted by atomic mass is 9.76. The van der Waals surface area contributed by atoms with E-state index in [2.05, 4.69) is 12.2 Å². The van der Waals surface area contributed by atoms with Crippen LogP contribution in [0.4, 0.5) is 4.79 Å². The Balaban J connectivity index is 2.36. The van der Waals surface area contributed by atoms with Crippen molar-refractivity contribution < 1.29 is 14.3 Å². The minimum Gasteiger partial charge on any atom is -0.444 e. The number of carbonyl (C=O) groups excluding carboxylic acids is 1. The van der Waals surface area contributed by atoms with E-state index in [0.717, 1.165) is 26.1 Å². The van der Waals surface area contributed by atoms with Gasteiger partial charge in [-0.3, -0.25) is 0 Å². The average molecular weight is 258 g/mol. The molecular weight excluding hydrogens is 232 g/mol. The summed E-state index contributed by atoms with van der Waals surface area (Å²) in [5, 5.41) is 2.73. The third kappa shape index (κ3) is 4.82. The van der Waals surface area contributed by atoms with E-state index in [4.69, 9.17) is 15.2 Å². The number of rotatable bonds is 3. The summed E-state index contributed by atoms with van der Waals surface area (Å²) >= 11 is 0.